The van der Waals surface area contributed by atoms with E-state index in [9.17, 15) is 9.90 Å². The predicted octanol–water partition coefficient (Wildman–Crippen LogP) is 3.84. The van der Waals surface area contributed by atoms with Crippen LogP contribution in [0.15, 0.2) is 42.5 Å². The van der Waals surface area contributed by atoms with Crippen LogP contribution in [-0.2, 0) is 4.79 Å². The Hall–Kier alpha value is -2.53. The summed E-state index contributed by atoms with van der Waals surface area (Å²) in [6.45, 7) is 0.863. The van der Waals surface area contributed by atoms with Crippen molar-refractivity contribution in [2.45, 2.75) is 37.8 Å². The fourth-order valence-corrected chi connectivity index (χ4v) is 5.25. The number of amides is 1. The van der Waals surface area contributed by atoms with Crippen LogP contribution in [-0.4, -0.2) is 42.2 Å². The van der Waals surface area contributed by atoms with Crippen LogP contribution in [0.25, 0.3) is 11.1 Å². The number of aliphatic hydroxyl groups is 1. The predicted molar refractivity (Wildman–Crippen MR) is 113 cm³/mol. The van der Waals surface area contributed by atoms with Crippen molar-refractivity contribution < 1.29 is 14.6 Å². The van der Waals surface area contributed by atoms with Gasteiger partial charge in [-0.05, 0) is 48.6 Å². The molecule has 1 amide bonds. The molecule has 2 aliphatic heterocycles. The molecule has 2 aromatic carbocycles. The summed E-state index contributed by atoms with van der Waals surface area (Å²) in [5, 5.41) is 13.5. The van der Waals surface area contributed by atoms with Crippen LogP contribution in [0, 0.1) is 11.8 Å². The number of nitrogens with one attached hydrogen (secondary N) is 1. The Kier molecular flexibility index (Phi) is 4.70. The van der Waals surface area contributed by atoms with Crippen LogP contribution >= 0.6 is 0 Å². The summed E-state index contributed by atoms with van der Waals surface area (Å²) in [6.07, 6.45) is 4.12. The zero-order valence-electron chi connectivity index (χ0n) is 16.8. The smallest absolute Gasteiger partial charge is 0.226 e. The van der Waals surface area contributed by atoms with Gasteiger partial charge in [0.25, 0.3) is 0 Å². The van der Waals surface area contributed by atoms with Crippen molar-refractivity contribution in [2.24, 2.45) is 11.8 Å². The number of carbonyl (C=O) groups is 1. The van der Waals surface area contributed by atoms with Gasteiger partial charge in [0.05, 0.1) is 25.8 Å². The van der Waals surface area contributed by atoms with E-state index in [1.807, 2.05) is 18.2 Å². The maximum absolute atomic E-state index is 13.2. The molecule has 1 aliphatic carbocycles. The lowest BCUT2D eigenvalue weighted by Gasteiger charge is -2.41. The second-order valence-corrected chi connectivity index (χ2v) is 8.49. The topological polar surface area (TPSA) is 61.8 Å². The number of fused-ring (bicyclic) bond motifs is 3. The normalized spacial score (nSPS) is 25.6. The van der Waals surface area contributed by atoms with Crippen molar-refractivity contribution in [1.82, 2.24) is 4.90 Å². The minimum Gasteiger partial charge on any atom is -0.496 e. The summed E-state index contributed by atoms with van der Waals surface area (Å²) >= 11 is 0. The van der Waals surface area contributed by atoms with Crippen LogP contribution in [0.4, 0.5) is 5.69 Å². The number of nitrogens with zero attached hydrogens (tertiary/aromatic N) is 1. The van der Waals surface area contributed by atoms with Gasteiger partial charge >= 0.3 is 0 Å². The van der Waals surface area contributed by atoms with Crippen molar-refractivity contribution in [1.29, 1.82) is 0 Å². The van der Waals surface area contributed by atoms with E-state index in [2.05, 4.69) is 34.5 Å². The number of ether oxygens (including phenoxy) is 1. The Morgan fingerprint density at radius 3 is 2.76 bits per heavy atom. The molecule has 0 spiro atoms. The SMILES string of the molecule is COc1ccccc1-c1ccc2c(c1)[C@@H]1[C@@H](CCN1C(=O)C1CCC1)[C@H](CO)N2. The summed E-state index contributed by atoms with van der Waals surface area (Å²) in [6, 6.07) is 14.4. The molecular formula is C24H28N2O3. The highest BCUT2D eigenvalue weighted by molar-refractivity contribution is 5.82. The van der Waals surface area contributed by atoms with E-state index < -0.39 is 0 Å². The highest BCUT2D eigenvalue weighted by atomic mass is 16.5. The number of benzene rings is 2. The molecule has 29 heavy (non-hydrogen) atoms. The lowest BCUT2D eigenvalue weighted by Crippen LogP contribution is -2.45. The number of hydrogen-bond donors (Lipinski definition) is 2. The molecule has 0 aromatic heterocycles. The number of carbonyl (C=O) groups excluding carboxylic acids is 1. The standard InChI is InChI=1S/C24H28N2O3/c1-29-22-8-3-2-7-17(22)16-9-10-20-19(13-16)23-18(21(14-27)25-20)11-12-26(23)24(28)15-5-4-6-15/h2-3,7-10,13,15,18,21,23,25,27H,4-6,11-12,14H2,1H3/t18-,21-,23-/m0/s1. The number of hydrogen-bond acceptors (Lipinski definition) is 4. The van der Waals surface area contributed by atoms with Gasteiger partial charge < -0.3 is 20.1 Å². The number of anilines is 1. The molecule has 2 fully saturated rings. The van der Waals surface area contributed by atoms with E-state index in [0.717, 1.165) is 60.4 Å². The van der Waals surface area contributed by atoms with E-state index in [1.165, 1.54) is 0 Å². The fraction of sp³-hybridized carbons (Fsp3) is 0.458. The third kappa shape index (κ3) is 2.99. The van der Waals surface area contributed by atoms with Crippen LogP contribution in [0.5, 0.6) is 5.75 Å². The molecule has 3 aliphatic rings. The first-order chi connectivity index (χ1) is 14.2. The molecule has 0 bridgehead atoms. The second-order valence-electron chi connectivity index (χ2n) is 8.49. The zero-order chi connectivity index (χ0) is 20.0. The molecule has 0 radical (unpaired) electrons. The van der Waals surface area contributed by atoms with Crippen molar-refractivity contribution in [3.05, 3.63) is 48.0 Å². The number of para-hydroxylation sites is 1. The minimum atomic E-state index is -0.0104. The average molecular weight is 392 g/mol. The number of likely N-dealkylation sites (tertiary alicyclic amines) is 1. The second kappa shape index (κ2) is 7.38. The van der Waals surface area contributed by atoms with Crippen molar-refractivity contribution in [3.63, 3.8) is 0 Å². The maximum atomic E-state index is 13.2. The average Bonchev–Trinajstić information content (AvgIpc) is 3.17. The van der Waals surface area contributed by atoms with Gasteiger partial charge in [-0.15, -0.1) is 0 Å². The molecular weight excluding hydrogens is 364 g/mol. The van der Waals surface area contributed by atoms with Crippen molar-refractivity contribution in [3.8, 4) is 16.9 Å². The van der Waals surface area contributed by atoms with Gasteiger partial charge in [0.1, 0.15) is 5.75 Å². The van der Waals surface area contributed by atoms with Gasteiger partial charge in [-0.3, -0.25) is 4.79 Å². The number of methoxy groups -OCH3 is 1. The minimum absolute atomic E-state index is 0.0104. The Morgan fingerprint density at radius 1 is 1.21 bits per heavy atom. The quantitative estimate of drug-likeness (QED) is 0.830. The van der Waals surface area contributed by atoms with Gasteiger partial charge in [-0.2, -0.15) is 0 Å². The summed E-state index contributed by atoms with van der Waals surface area (Å²) in [4.78, 5) is 15.3. The monoisotopic (exact) mass is 392 g/mol. The molecule has 1 saturated heterocycles. The fourth-order valence-electron chi connectivity index (χ4n) is 5.25. The van der Waals surface area contributed by atoms with Crippen LogP contribution in [0.2, 0.25) is 0 Å². The summed E-state index contributed by atoms with van der Waals surface area (Å²) in [5.74, 6) is 1.58. The van der Waals surface area contributed by atoms with E-state index in [0.29, 0.717) is 5.91 Å². The lowest BCUT2D eigenvalue weighted by molar-refractivity contribution is -0.139. The van der Waals surface area contributed by atoms with Gasteiger partial charge in [-0.1, -0.05) is 30.7 Å². The Balaban J connectivity index is 1.57. The molecule has 5 nitrogen and oxygen atoms in total. The van der Waals surface area contributed by atoms with Crippen molar-refractivity contribution in [2.75, 3.05) is 25.6 Å². The first kappa shape index (κ1) is 18.5. The van der Waals surface area contributed by atoms with E-state index in [4.69, 9.17) is 4.74 Å². The molecule has 1 saturated carbocycles. The molecule has 5 heteroatoms. The third-order valence-corrected chi connectivity index (χ3v) is 7.02. The molecule has 2 heterocycles. The van der Waals surface area contributed by atoms with E-state index in [-0.39, 0.29) is 30.5 Å². The highest BCUT2D eigenvalue weighted by Gasteiger charge is 2.47. The lowest BCUT2D eigenvalue weighted by atomic mass is 9.80. The summed E-state index contributed by atoms with van der Waals surface area (Å²) in [7, 11) is 1.69. The summed E-state index contributed by atoms with van der Waals surface area (Å²) < 4.78 is 5.56. The molecule has 2 aromatic rings. The van der Waals surface area contributed by atoms with Crippen molar-refractivity contribution >= 4 is 11.6 Å². The van der Waals surface area contributed by atoms with Crippen LogP contribution in [0.3, 0.4) is 0 Å². The highest BCUT2D eigenvalue weighted by Crippen LogP contribution is 2.49. The first-order valence-electron chi connectivity index (χ1n) is 10.7. The Labute approximate surface area is 171 Å². The summed E-state index contributed by atoms with van der Waals surface area (Å²) in [5.41, 5.74) is 4.33. The molecule has 152 valence electrons. The molecule has 0 unspecified atom stereocenters. The molecule has 2 N–H and O–H groups in total. The van der Waals surface area contributed by atoms with E-state index in [1.54, 1.807) is 7.11 Å². The van der Waals surface area contributed by atoms with Gasteiger partial charge in [0.15, 0.2) is 0 Å². The van der Waals surface area contributed by atoms with Gasteiger partial charge in [-0.25, -0.2) is 0 Å². The zero-order valence-corrected chi connectivity index (χ0v) is 16.8. The van der Waals surface area contributed by atoms with Crippen LogP contribution in [0.1, 0.15) is 37.3 Å². The number of aliphatic hydroxyl groups excluding tert-OH is 1. The van der Waals surface area contributed by atoms with Crippen LogP contribution < -0.4 is 10.1 Å². The Bertz CT molecular complexity index is 924. The first-order valence-corrected chi connectivity index (χ1v) is 10.7. The maximum Gasteiger partial charge on any atom is 0.226 e. The van der Waals surface area contributed by atoms with Gasteiger partial charge in [0.2, 0.25) is 5.91 Å². The molecule has 5 rings (SSSR count). The Morgan fingerprint density at radius 2 is 2.03 bits per heavy atom. The third-order valence-electron chi connectivity index (χ3n) is 7.02. The molecule has 3 atom stereocenters. The largest absolute Gasteiger partial charge is 0.496 e. The number of rotatable bonds is 4. The van der Waals surface area contributed by atoms with E-state index >= 15 is 0 Å². The van der Waals surface area contributed by atoms with Gasteiger partial charge in [0, 0.05) is 29.6 Å².